The zero-order valence-electron chi connectivity index (χ0n) is 12.6. The lowest BCUT2D eigenvalue weighted by atomic mass is 10.3. The normalized spacial score (nSPS) is 16.0. The van der Waals surface area contributed by atoms with Crippen LogP contribution in [0.5, 0.6) is 0 Å². The lowest BCUT2D eigenvalue weighted by Crippen LogP contribution is -2.34. The van der Waals surface area contributed by atoms with Gasteiger partial charge >= 0.3 is 0 Å². The van der Waals surface area contributed by atoms with Crippen LogP contribution in [0.3, 0.4) is 0 Å². The molecule has 1 aliphatic carbocycles. The van der Waals surface area contributed by atoms with Gasteiger partial charge in [0.15, 0.2) is 5.96 Å². The van der Waals surface area contributed by atoms with Crippen LogP contribution in [-0.4, -0.2) is 48.5 Å². The van der Waals surface area contributed by atoms with Crippen LogP contribution < -0.4 is 11.1 Å². The van der Waals surface area contributed by atoms with Gasteiger partial charge in [-0.25, -0.2) is 0 Å². The van der Waals surface area contributed by atoms with Crippen LogP contribution in [0.25, 0.3) is 0 Å². The maximum absolute atomic E-state index is 9.71. The molecule has 22 heavy (non-hydrogen) atoms. The van der Waals surface area contributed by atoms with Gasteiger partial charge in [0.25, 0.3) is 0 Å². The molecule has 1 aromatic rings. The summed E-state index contributed by atoms with van der Waals surface area (Å²) in [7, 11) is 0. The molecule has 0 spiro atoms. The van der Waals surface area contributed by atoms with Gasteiger partial charge in [0.2, 0.25) is 0 Å². The topological polar surface area (TPSA) is 92.8 Å². The van der Waals surface area contributed by atoms with Gasteiger partial charge in [-0.1, -0.05) is 6.07 Å². The van der Waals surface area contributed by atoms with E-state index in [1.807, 2.05) is 18.2 Å². The van der Waals surface area contributed by atoms with Crippen molar-refractivity contribution >= 4 is 29.9 Å². The van der Waals surface area contributed by atoms with Gasteiger partial charge < -0.3 is 20.9 Å². The number of hydrogen-bond donors (Lipinski definition) is 3. The molecule has 2 rings (SSSR count). The monoisotopic (exact) mass is 420 g/mol. The highest BCUT2D eigenvalue weighted by Crippen LogP contribution is 2.28. The van der Waals surface area contributed by atoms with E-state index in [1.54, 1.807) is 6.20 Å². The Bertz CT molecular complexity index is 440. The number of nitrogens with two attached hydrogens (primary N) is 1. The van der Waals surface area contributed by atoms with Gasteiger partial charge in [-0.3, -0.25) is 9.98 Å². The Labute approximate surface area is 148 Å². The summed E-state index contributed by atoms with van der Waals surface area (Å²) in [5.74, 6) is 1.05. The van der Waals surface area contributed by atoms with E-state index in [-0.39, 0.29) is 30.5 Å². The molecular formula is C15H25IN4O2. The summed E-state index contributed by atoms with van der Waals surface area (Å²) >= 11 is 0. The third kappa shape index (κ3) is 8.50. The van der Waals surface area contributed by atoms with Gasteiger partial charge in [0.1, 0.15) is 0 Å². The molecule has 7 heteroatoms. The highest BCUT2D eigenvalue weighted by atomic mass is 127. The molecular weight excluding hydrogens is 395 g/mol. The van der Waals surface area contributed by atoms with Crippen molar-refractivity contribution in [2.45, 2.75) is 25.4 Å². The molecule has 124 valence electrons. The van der Waals surface area contributed by atoms with Crippen LogP contribution >= 0.6 is 24.0 Å². The fraction of sp³-hybridized carbons (Fsp3) is 0.600. The second-order valence-electron chi connectivity index (χ2n) is 5.36. The number of aliphatic imine (C=N–C) groups is 1. The summed E-state index contributed by atoms with van der Waals surface area (Å²) in [4.78, 5) is 8.33. The van der Waals surface area contributed by atoms with Crippen molar-refractivity contribution in [3.05, 3.63) is 30.1 Å². The van der Waals surface area contributed by atoms with E-state index >= 15 is 0 Å². The molecule has 0 saturated heterocycles. The minimum absolute atomic E-state index is 0. The van der Waals surface area contributed by atoms with E-state index in [1.165, 1.54) is 12.8 Å². The number of ether oxygens (including phenoxy) is 1. The number of aromatic nitrogens is 1. The van der Waals surface area contributed by atoms with E-state index < -0.39 is 6.10 Å². The number of rotatable bonds is 9. The molecule has 1 heterocycles. The third-order valence-electron chi connectivity index (χ3n) is 3.25. The summed E-state index contributed by atoms with van der Waals surface area (Å²) in [5.41, 5.74) is 6.75. The fourth-order valence-corrected chi connectivity index (χ4v) is 1.83. The molecule has 0 amide bonds. The number of nitrogens with zero attached hydrogens (tertiary/aromatic N) is 2. The van der Waals surface area contributed by atoms with Crippen LogP contribution in [-0.2, 0) is 11.2 Å². The van der Waals surface area contributed by atoms with Crippen molar-refractivity contribution in [1.82, 2.24) is 10.3 Å². The first kappa shape index (κ1) is 19.1. The second kappa shape index (κ2) is 10.7. The Morgan fingerprint density at radius 3 is 3.00 bits per heavy atom. The van der Waals surface area contributed by atoms with Crippen molar-refractivity contribution in [2.24, 2.45) is 16.6 Å². The zero-order valence-corrected chi connectivity index (χ0v) is 15.0. The molecule has 1 aromatic heterocycles. The van der Waals surface area contributed by atoms with Crippen LogP contribution in [0.15, 0.2) is 29.4 Å². The summed E-state index contributed by atoms with van der Waals surface area (Å²) in [5, 5.41) is 12.7. The number of hydrogen-bond acceptors (Lipinski definition) is 4. The van der Waals surface area contributed by atoms with Crippen molar-refractivity contribution < 1.29 is 9.84 Å². The van der Waals surface area contributed by atoms with Crippen molar-refractivity contribution in [2.75, 3.05) is 26.3 Å². The van der Waals surface area contributed by atoms with Gasteiger partial charge in [-0.05, 0) is 30.9 Å². The Morgan fingerprint density at radius 2 is 2.32 bits per heavy atom. The predicted octanol–water partition coefficient (Wildman–Crippen LogP) is 0.934. The SMILES string of the molecule is I.NC(=NCC(O)COCC1CC1)NCCc1ccccn1. The molecule has 1 unspecified atom stereocenters. The van der Waals surface area contributed by atoms with Gasteiger partial charge in [0.05, 0.1) is 19.3 Å². The highest BCUT2D eigenvalue weighted by molar-refractivity contribution is 14.0. The van der Waals surface area contributed by atoms with E-state index in [0.717, 1.165) is 18.7 Å². The van der Waals surface area contributed by atoms with Gasteiger partial charge in [-0.2, -0.15) is 0 Å². The maximum Gasteiger partial charge on any atom is 0.188 e. The molecule has 1 aliphatic rings. The van der Waals surface area contributed by atoms with Gasteiger partial charge in [-0.15, -0.1) is 24.0 Å². The fourth-order valence-electron chi connectivity index (χ4n) is 1.83. The van der Waals surface area contributed by atoms with Crippen LogP contribution in [0, 0.1) is 5.92 Å². The van der Waals surface area contributed by atoms with Crippen molar-refractivity contribution in [1.29, 1.82) is 0 Å². The summed E-state index contributed by atoms with van der Waals surface area (Å²) < 4.78 is 5.40. The molecule has 1 saturated carbocycles. The van der Waals surface area contributed by atoms with Crippen LogP contribution in [0.2, 0.25) is 0 Å². The summed E-state index contributed by atoms with van der Waals surface area (Å²) in [6.45, 7) is 1.99. The smallest absolute Gasteiger partial charge is 0.188 e. The molecule has 4 N–H and O–H groups in total. The van der Waals surface area contributed by atoms with Crippen LogP contribution in [0.1, 0.15) is 18.5 Å². The molecule has 0 bridgehead atoms. The number of halogens is 1. The van der Waals surface area contributed by atoms with Crippen molar-refractivity contribution in [3.8, 4) is 0 Å². The molecule has 0 aliphatic heterocycles. The highest BCUT2D eigenvalue weighted by Gasteiger charge is 2.21. The van der Waals surface area contributed by atoms with E-state index in [2.05, 4.69) is 15.3 Å². The lowest BCUT2D eigenvalue weighted by molar-refractivity contribution is 0.0368. The number of pyridine rings is 1. The second-order valence-corrected chi connectivity index (χ2v) is 5.36. The predicted molar refractivity (Wildman–Crippen MR) is 97.4 cm³/mol. The number of nitrogens with one attached hydrogen (secondary N) is 1. The quantitative estimate of drug-likeness (QED) is 0.314. The molecule has 1 fully saturated rings. The first-order valence-corrected chi connectivity index (χ1v) is 7.43. The Kier molecular flexibility index (Phi) is 9.33. The molecule has 0 radical (unpaired) electrons. The van der Waals surface area contributed by atoms with Crippen LogP contribution in [0.4, 0.5) is 0 Å². The summed E-state index contributed by atoms with van der Waals surface area (Å²) in [6, 6.07) is 5.81. The van der Waals surface area contributed by atoms with Crippen molar-refractivity contribution in [3.63, 3.8) is 0 Å². The minimum atomic E-state index is -0.597. The zero-order chi connectivity index (χ0) is 14.9. The Morgan fingerprint density at radius 1 is 1.50 bits per heavy atom. The van der Waals surface area contributed by atoms with E-state index in [9.17, 15) is 5.11 Å². The standard InChI is InChI=1S/C15H24N4O2.HI/c16-15(18-8-6-13-3-1-2-7-17-13)19-9-14(20)11-21-10-12-4-5-12;/h1-3,7,12,14,20H,4-6,8-11H2,(H3,16,18,19);1H. The van der Waals surface area contributed by atoms with Gasteiger partial charge in [0, 0.05) is 31.5 Å². The number of guanidine groups is 1. The molecule has 1 atom stereocenters. The first-order valence-electron chi connectivity index (χ1n) is 7.43. The maximum atomic E-state index is 9.71. The number of aliphatic hydroxyl groups is 1. The average molecular weight is 420 g/mol. The largest absolute Gasteiger partial charge is 0.389 e. The Hall–Kier alpha value is -0.930. The Balaban J connectivity index is 0.00000242. The third-order valence-corrected chi connectivity index (χ3v) is 3.25. The minimum Gasteiger partial charge on any atom is -0.389 e. The summed E-state index contributed by atoms with van der Waals surface area (Å²) in [6.07, 6.45) is 4.46. The van der Waals surface area contributed by atoms with E-state index in [0.29, 0.717) is 25.0 Å². The first-order chi connectivity index (χ1) is 10.2. The average Bonchev–Trinajstić information content (AvgIpc) is 3.30. The van der Waals surface area contributed by atoms with E-state index in [4.69, 9.17) is 10.5 Å². The molecule has 6 nitrogen and oxygen atoms in total. The lowest BCUT2D eigenvalue weighted by Gasteiger charge is -2.10. The molecule has 0 aromatic carbocycles. The number of aliphatic hydroxyl groups excluding tert-OH is 1.